The molecule has 130 valence electrons. The number of carbonyl (C=O) groups is 2. The van der Waals surface area contributed by atoms with Crippen molar-refractivity contribution in [2.24, 2.45) is 5.16 Å². The van der Waals surface area contributed by atoms with Gasteiger partial charge in [0.1, 0.15) is 10.1 Å². The summed E-state index contributed by atoms with van der Waals surface area (Å²) in [6.45, 7) is 2.86. The first-order valence-corrected chi connectivity index (χ1v) is 8.59. The highest BCUT2D eigenvalue weighted by Gasteiger charge is 2.69. The minimum Gasteiger partial charge on any atom is -0.480 e. The average Bonchev–Trinajstić information content (AvgIpc) is 2.95. The van der Waals surface area contributed by atoms with E-state index in [0.29, 0.717) is 11.5 Å². The Labute approximate surface area is 136 Å². The van der Waals surface area contributed by atoms with E-state index >= 15 is 0 Å². The van der Waals surface area contributed by atoms with Crippen LogP contribution in [0.5, 0.6) is 0 Å². The number of fused-ring (bicyclic) bond motifs is 1. The molecule has 2 aliphatic heterocycles. The molecule has 2 saturated heterocycles. The van der Waals surface area contributed by atoms with Gasteiger partial charge in [-0.05, 0) is 13.8 Å². The van der Waals surface area contributed by atoms with Gasteiger partial charge < -0.3 is 19.4 Å². The van der Waals surface area contributed by atoms with E-state index < -0.39 is 37.9 Å². The number of oxime groups is 1. The lowest BCUT2D eigenvalue weighted by molar-refractivity contribution is -0.156. The van der Waals surface area contributed by atoms with Crippen LogP contribution in [0.2, 0.25) is 0 Å². The van der Waals surface area contributed by atoms with Gasteiger partial charge in [0.2, 0.25) is 5.91 Å². The van der Waals surface area contributed by atoms with E-state index in [0.717, 1.165) is 11.1 Å². The van der Waals surface area contributed by atoms with Crippen LogP contribution in [0, 0.1) is 6.92 Å². The van der Waals surface area contributed by atoms with E-state index in [4.69, 9.17) is 9.36 Å². The topological polar surface area (TPSA) is 139 Å². The Bertz CT molecular complexity index is 830. The van der Waals surface area contributed by atoms with Crippen LogP contribution >= 0.6 is 0 Å². The molecular weight excluding hydrogens is 342 g/mol. The Hall–Kier alpha value is -2.43. The third-order valence-corrected chi connectivity index (χ3v) is 6.91. The SMILES string of the molecule is Cc1cc(CO/N=C/[C@@]2(C)[C@H](C(=O)O)N3C(=O)C[C@H]3S2(=O)=O)on1. The van der Waals surface area contributed by atoms with Crippen molar-refractivity contribution in [1.82, 2.24) is 10.1 Å². The minimum atomic E-state index is -3.94. The molecule has 1 N–H and O–H groups in total. The highest BCUT2D eigenvalue weighted by Crippen LogP contribution is 2.45. The molecule has 1 aromatic heterocycles. The van der Waals surface area contributed by atoms with Crippen LogP contribution in [0.15, 0.2) is 15.7 Å². The summed E-state index contributed by atoms with van der Waals surface area (Å²) in [7, 11) is -3.94. The lowest BCUT2D eigenvalue weighted by Gasteiger charge is -2.35. The van der Waals surface area contributed by atoms with Crippen molar-refractivity contribution >= 4 is 27.9 Å². The number of carboxylic acid groups (broad SMARTS) is 1. The fraction of sp³-hybridized carbons (Fsp3) is 0.538. The maximum absolute atomic E-state index is 12.6. The average molecular weight is 357 g/mol. The molecule has 3 rings (SSSR count). The maximum Gasteiger partial charge on any atom is 0.328 e. The number of sulfone groups is 1. The molecule has 2 aliphatic rings. The number of aryl methyl sites for hydroxylation is 1. The van der Waals surface area contributed by atoms with Crippen molar-refractivity contribution in [2.75, 3.05) is 0 Å². The predicted molar refractivity (Wildman–Crippen MR) is 78.5 cm³/mol. The fourth-order valence-corrected chi connectivity index (χ4v) is 5.13. The molecule has 3 atom stereocenters. The van der Waals surface area contributed by atoms with Gasteiger partial charge in [-0.15, -0.1) is 0 Å². The van der Waals surface area contributed by atoms with E-state index in [-0.39, 0.29) is 13.0 Å². The van der Waals surface area contributed by atoms with Crippen molar-refractivity contribution < 1.29 is 32.5 Å². The van der Waals surface area contributed by atoms with E-state index in [1.54, 1.807) is 13.0 Å². The maximum atomic E-state index is 12.6. The lowest BCUT2D eigenvalue weighted by atomic mass is 9.98. The second kappa shape index (κ2) is 5.30. The van der Waals surface area contributed by atoms with Crippen molar-refractivity contribution in [3.05, 3.63) is 17.5 Å². The first kappa shape index (κ1) is 16.4. The zero-order valence-corrected chi connectivity index (χ0v) is 13.7. The Morgan fingerprint density at radius 3 is 2.92 bits per heavy atom. The zero-order valence-electron chi connectivity index (χ0n) is 12.9. The summed E-state index contributed by atoms with van der Waals surface area (Å²) in [5, 5.41) is 15.5. The number of hydrogen-bond acceptors (Lipinski definition) is 8. The summed E-state index contributed by atoms with van der Waals surface area (Å²) >= 11 is 0. The van der Waals surface area contributed by atoms with Gasteiger partial charge in [-0.2, -0.15) is 0 Å². The molecule has 10 nitrogen and oxygen atoms in total. The molecule has 0 spiro atoms. The fourth-order valence-electron chi connectivity index (χ4n) is 2.93. The van der Waals surface area contributed by atoms with Crippen LogP contribution < -0.4 is 0 Å². The largest absolute Gasteiger partial charge is 0.480 e. The number of β-lactam (4-membered cyclic amide) rings is 1. The molecule has 11 heteroatoms. The summed E-state index contributed by atoms with van der Waals surface area (Å²) in [5.74, 6) is -1.53. The molecular formula is C13H15N3O7S. The molecule has 1 amide bonds. The van der Waals surface area contributed by atoms with Gasteiger partial charge in [0.25, 0.3) is 0 Å². The molecule has 0 saturated carbocycles. The molecule has 2 fully saturated rings. The number of aliphatic carboxylic acids is 1. The van der Waals surface area contributed by atoms with E-state index in [1.165, 1.54) is 6.92 Å². The van der Waals surface area contributed by atoms with Gasteiger partial charge in [-0.1, -0.05) is 10.3 Å². The first-order valence-electron chi connectivity index (χ1n) is 7.04. The van der Waals surface area contributed by atoms with Crippen molar-refractivity contribution in [1.29, 1.82) is 0 Å². The second-order valence-corrected chi connectivity index (χ2v) is 8.39. The second-order valence-electron chi connectivity index (χ2n) is 5.87. The third-order valence-electron chi connectivity index (χ3n) is 4.24. The van der Waals surface area contributed by atoms with Gasteiger partial charge in [-0.25, -0.2) is 13.2 Å². The lowest BCUT2D eigenvalue weighted by Crippen LogP contribution is -2.57. The van der Waals surface area contributed by atoms with Crippen LogP contribution in [-0.4, -0.2) is 57.8 Å². The zero-order chi connectivity index (χ0) is 17.7. The number of rotatable bonds is 5. The van der Waals surface area contributed by atoms with Crippen LogP contribution in [0.1, 0.15) is 24.8 Å². The van der Waals surface area contributed by atoms with Crippen LogP contribution in [-0.2, 0) is 30.9 Å². The Kier molecular flexibility index (Phi) is 3.62. The van der Waals surface area contributed by atoms with Crippen molar-refractivity contribution in [3.8, 4) is 0 Å². The third kappa shape index (κ3) is 2.19. The van der Waals surface area contributed by atoms with E-state index in [9.17, 15) is 23.1 Å². The summed E-state index contributed by atoms with van der Waals surface area (Å²) in [6, 6.07) is 0.0856. The van der Waals surface area contributed by atoms with Gasteiger partial charge in [0, 0.05) is 6.07 Å². The van der Waals surface area contributed by atoms with E-state index in [1.807, 2.05) is 0 Å². The highest BCUT2D eigenvalue weighted by molar-refractivity contribution is 7.94. The summed E-state index contributed by atoms with van der Waals surface area (Å²) in [4.78, 5) is 29.0. The Morgan fingerprint density at radius 1 is 1.67 bits per heavy atom. The number of carboxylic acids is 1. The Balaban J connectivity index is 1.82. The summed E-state index contributed by atoms with van der Waals surface area (Å²) in [6.07, 6.45) is 0.712. The van der Waals surface area contributed by atoms with Gasteiger partial charge in [0.05, 0.1) is 18.3 Å². The summed E-state index contributed by atoms with van der Waals surface area (Å²) in [5.41, 5.74) is 0.650. The minimum absolute atomic E-state index is 0.0860. The quantitative estimate of drug-likeness (QED) is 0.430. The smallest absolute Gasteiger partial charge is 0.328 e. The van der Waals surface area contributed by atoms with Crippen LogP contribution in [0.25, 0.3) is 0 Å². The summed E-state index contributed by atoms with van der Waals surface area (Å²) < 4.78 is 28.2. The molecule has 1 aromatic rings. The van der Waals surface area contributed by atoms with Crippen molar-refractivity contribution in [2.45, 2.75) is 43.0 Å². The van der Waals surface area contributed by atoms with E-state index in [2.05, 4.69) is 10.3 Å². The molecule has 24 heavy (non-hydrogen) atoms. The molecule has 0 radical (unpaired) electrons. The molecule has 0 aliphatic carbocycles. The number of carbonyl (C=O) groups excluding carboxylic acids is 1. The van der Waals surface area contributed by atoms with Gasteiger partial charge in [0.15, 0.2) is 28.2 Å². The normalized spacial score (nSPS) is 31.1. The highest BCUT2D eigenvalue weighted by atomic mass is 32.2. The molecule has 3 heterocycles. The number of hydrogen-bond donors (Lipinski definition) is 1. The van der Waals surface area contributed by atoms with Gasteiger partial charge in [-0.3, -0.25) is 4.79 Å². The number of nitrogens with zero attached hydrogens (tertiary/aromatic N) is 3. The first-order chi connectivity index (χ1) is 11.2. The number of amides is 1. The van der Waals surface area contributed by atoms with Crippen LogP contribution in [0.4, 0.5) is 0 Å². The molecule has 0 aromatic carbocycles. The van der Waals surface area contributed by atoms with Crippen molar-refractivity contribution in [3.63, 3.8) is 0 Å². The predicted octanol–water partition coefficient (Wildman–Crippen LogP) is -0.316. The molecule has 0 bridgehead atoms. The molecule has 0 unspecified atom stereocenters. The Morgan fingerprint density at radius 2 is 2.38 bits per heavy atom. The van der Waals surface area contributed by atoms with Crippen LogP contribution in [0.3, 0.4) is 0 Å². The monoisotopic (exact) mass is 357 g/mol. The number of aromatic nitrogens is 1. The van der Waals surface area contributed by atoms with Gasteiger partial charge >= 0.3 is 5.97 Å². The standard InChI is InChI=1S/C13H15N3O7S/c1-7-3-8(23-15-7)5-22-14-6-13(2)11(12(18)19)16-9(17)4-10(16)24(13,20)21/h3,6,10-11H,4-5H2,1-2H3,(H,18,19)/b14-6+/t10-,11+,13+/m1/s1.